The van der Waals surface area contributed by atoms with E-state index in [-0.39, 0.29) is 11.4 Å². The van der Waals surface area contributed by atoms with E-state index in [0.29, 0.717) is 13.2 Å². The van der Waals surface area contributed by atoms with Gasteiger partial charge in [-0.05, 0) is 53.0 Å². The lowest BCUT2D eigenvalue weighted by atomic mass is 9.80. The third-order valence-electron chi connectivity index (χ3n) is 5.71. The Hall–Kier alpha value is -3.12. The molecule has 0 saturated heterocycles. The molecular weight excluding hydrogens is 420 g/mol. The van der Waals surface area contributed by atoms with Gasteiger partial charge in [-0.25, -0.2) is 4.99 Å². The zero-order valence-electron chi connectivity index (χ0n) is 18.5. The molecule has 0 saturated carbocycles. The van der Waals surface area contributed by atoms with Crippen molar-refractivity contribution in [3.63, 3.8) is 0 Å². The van der Waals surface area contributed by atoms with Crippen molar-refractivity contribution in [3.05, 3.63) is 71.3 Å². The SMILES string of the molecule is CC(C)(C)COc1ccc2c(c1)[C@]1(COC(N)=N1)c1cc(C3=CC(=S)CC=C3)ccc1O2. The molecule has 0 unspecified atom stereocenters. The molecule has 5 rings (SSSR count). The number of benzene rings is 2. The van der Waals surface area contributed by atoms with Gasteiger partial charge in [0.05, 0.1) is 6.61 Å². The molecule has 2 heterocycles. The van der Waals surface area contributed by atoms with E-state index in [1.54, 1.807) is 0 Å². The fourth-order valence-electron chi connectivity index (χ4n) is 4.17. The number of allylic oxidation sites excluding steroid dienone is 4. The Kier molecular flexibility index (Phi) is 4.86. The van der Waals surface area contributed by atoms with Gasteiger partial charge in [0.1, 0.15) is 23.9 Å². The predicted octanol–water partition coefficient (Wildman–Crippen LogP) is 5.52. The minimum absolute atomic E-state index is 0.0481. The molecule has 1 spiro atoms. The Morgan fingerprint density at radius 3 is 2.56 bits per heavy atom. The third-order valence-corrected chi connectivity index (χ3v) is 5.99. The average Bonchev–Trinajstić information content (AvgIpc) is 3.14. The Balaban J connectivity index is 1.61. The summed E-state index contributed by atoms with van der Waals surface area (Å²) < 4.78 is 18.1. The van der Waals surface area contributed by atoms with E-state index >= 15 is 0 Å². The van der Waals surface area contributed by atoms with Gasteiger partial charge in [-0.15, -0.1) is 0 Å². The first-order valence-electron chi connectivity index (χ1n) is 10.7. The van der Waals surface area contributed by atoms with Gasteiger partial charge in [0, 0.05) is 22.4 Å². The maximum Gasteiger partial charge on any atom is 0.283 e. The van der Waals surface area contributed by atoms with Crippen molar-refractivity contribution >= 4 is 28.7 Å². The molecule has 3 aliphatic rings. The maximum atomic E-state index is 6.28. The smallest absolute Gasteiger partial charge is 0.283 e. The molecule has 0 bridgehead atoms. The van der Waals surface area contributed by atoms with Crippen LogP contribution in [0.15, 0.2) is 59.6 Å². The normalized spacial score (nSPS) is 21.3. The van der Waals surface area contributed by atoms with Gasteiger partial charge < -0.3 is 19.9 Å². The lowest BCUT2D eigenvalue weighted by Gasteiger charge is -2.34. The Morgan fingerprint density at radius 2 is 1.88 bits per heavy atom. The van der Waals surface area contributed by atoms with Gasteiger partial charge in [0.15, 0.2) is 5.54 Å². The van der Waals surface area contributed by atoms with E-state index < -0.39 is 5.54 Å². The summed E-state index contributed by atoms with van der Waals surface area (Å²) >= 11 is 5.41. The first kappa shape index (κ1) is 20.8. The van der Waals surface area contributed by atoms with E-state index in [2.05, 4.69) is 39.0 Å². The molecule has 0 radical (unpaired) electrons. The fraction of sp³-hybridized carbons (Fsp3) is 0.308. The zero-order valence-corrected chi connectivity index (χ0v) is 19.3. The number of nitrogens with zero attached hydrogens (tertiary/aromatic N) is 1. The van der Waals surface area contributed by atoms with Gasteiger partial charge in [0.25, 0.3) is 6.02 Å². The van der Waals surface area contributed by atoms with Gasteiger partial charge in [-0.1, -0.05) is 51.2 Å². The number of thiocarbonyl (C=S) groups is 1. The Bertz CT molecular complexity index is 1210. The molecule has 0 aromatic heterocycles. The summed E-state index contributed by atoms with van der Waals surface area (Å²) in [4.78, 5) is 5.71. The molecule has 1 aliphatic carbocycles. The van der Waals surface area contributed by atoms with Crippen molar-refractivity contribution in [1.29, 1.82) is 0 Å². The molecule has 2 N–H and O–H groups in total. The molecule has 2 aromatic carbocycles. The van der Waals surface area contributed by atoms with Gasteiger partial charge in [-0.3, -0.25) is 0 Å². The molecular formula is C26H26N2O3S. The van der Waals surface area contributed by atoms with Crippen molar-refractivity contribution in [3.8, 4) is 17.2 Å². The summed E-state index contributed by atoms with van der Waals surface area (Å²) in [5.41, 5.74) is 9.21. The van der Waals surface area contributed by atoms with Crippen LogP contribution in [0.3, 0.4) is 0 Å². The summed E-state index contributed by atoms with van der Waals surface area (Å²) in [6, 6.07) is 12.2. The van der Waals surface area contributed by atoms with Crippen LogP contribution in [0.25, 0.3) is 5.57 Å². The second-order valence-electron chi connectivity index (χ2n) is 9.59. The number of hydrogen-bond acceptors (Lipinski definition) is 6. The summed E-state index contributed by atoms with van der Waals surface area (Å²) in [7, 11) is 0. The number of aliphatic imine (C=N–C) groups is 1. The van der Waals surface area contributed by atoms with E-state index in [9.17, 15) is 0 Å². The minimum Gasteiger partial charge on any atom is -0.493 e. The summed E-state index contributed by atoms with van der Waals surface area (Å²) in [6.07, 6.45) is 7.04. The summed E-state index contributed by atoms with van der Waals surface area (Å²) in [5.74, 6) is 2.24. The highest BCUT2D eigenvalue weighted by molar-refractivity contribution is 7.80. The molecule has 6 heteroatoms. The van der Waals surface area contributed by atoms with Crippen LogP contribution >= 0.6 is 12.2 Å². The van der Waals surface area contributed by atoms with Crippen LogP contribution in [0, 0.1) is 5.41 Å². The van der Waals surface area contributed by atoms with E-state index in [0.717, 1.165) is 50.8 Å². The van der Waals surface area contributed by atoms with Crippen LogP contribution in [-0.4, -0.2) is 24.1 Å². The molecule has 0 fully saturated rings. The number of fused-ring (bicyclic) bond motifs is 4. The zero-order chi connectivity index (χ0) is 22.5. The second kappa shape index (κ2) is 7.48. The standard InChI is InChI=1S/C26H26N2O3S/c1-25(2,3)14-29-18-8-10-23-21(13-18)26(15-30-24(27)28-26)20-12-17(7-9-22(20)31-23)16-5-4-6-19(32)11-16/h4-5,7-13H,6,14-15H2,1-3H3,(H2,27,28)/t26-/m0/s1. The third kappa shape index (κ3) is 3.69. The number of hydrogen-bond donors (Lipinski definition) is 1. The van der Waals surface area contributed by atoms with Crippen LogP contribution < -0.4 is 15.2 Å². The summed E-state index contributed by atoms with van der Waals surface area (Å²) in [5, 5.41) is 0. The first-order chi connectivity index (χ1) is 15.2. The molecule has 1 atom stereocenters. The first-order valence-corrected chi connectivity index (χ1v) is 11.1. The number of rotatable bonds is 3. The number of ether oxygens (including phenoxy) is 3. The minimum atomic E-state index is -0.788. The van der Waals surface area contributed by atoms with Crippen molar-refractivity contribution in [2.45, 2.75) is 32.7 Å². The average molecular weight is 447 g/mol. The highest BCUT2D eigenvalue weighted by Gasteiger charge is 2.47. The number of amidine groups is 1. The highest BCUT2D eigenvalue weighted by atomic mass is 32.1. The topological polar surface area (TPSA) is 66.1 Å². The Morgan fingerprint density at radius 1 is 1.12 bits per heavy atom. The van der Waals surface area contributed by atoms with Crippen molar-refractivity contribution in [1.82, 2.24) is 0 Å². The van der Waals surface area contributed by atoms with Crippen LogP contribution in [0.4, 0.5) is 0 Å². The molecule has 2 aromatic rings. The van der Waals surface area contributed by atoms with Gasteiger partial charge in [-0.2, -0.15) is 0 Å². The van der Waals surface area contributed by atoms with E-state index in [4.69, 9.17) is 37.2 Å². The lowest BCUT2D eigenvalue weighted by Crippen LogP contribution is -2.31. The highest BCUT2D eigenvalue weighted by Crippen LogP contribution is 2.52. The van der Waals surface area contributed by atoms with Crippen LogP contribution in [0.2, 0.25) is 0 Å². The van der Waals surface area contributed by atoms with E-state index in [1.807, 2.05) is 36.4 Å². The fourth-order valence-corrected chi connectivity index (χ4v) is 4.39. The predicted molar refractivity (Wildman–Crippen MR) is 131 cm³/mol. The van der Waals surface area contributed by atoms with Gasteiger partial charge in [0.2, 0.25) is 0 Å². The number of nitrogens with two attached hydrogens (primary N) is 1. The van der Waals surface area contributed by atoms with Crippen LogP contribution in [0.1, 0.15) is 43.9 Å². The van der Waals surface area contributed by atoms with Crippen LogP contribution in [-0.2, 0) is 10.3 Å². The summed E-state index contributed by atoms with van der Waals surface area (Å²) in [6.45, 7) is 7.33. The lowest BCUT2D eigenvalue weighted by molar-refractivity contribution is 0.197. The second-order valence-corrected chi connectivity index (χ2v) is 10.1. The molecule has 32 heavy (non-hydrogen) atoms. The molecule has 164 valence electrons. The largest absolute Gasteiger partial charge is 0.493 e. The van der Waals surface area contributed by atoms with E-state index in [1.165, 1.54) is 0 Å². The molecule has 0 amide bonds. The van der Waals surface area contributed by atoms with Crippen molar-refractivity contribution < 1.29 is 14.2 Å². The molecule has 2 aliphatic heterocycles. The quantitative estimate of drug-likeness (QED) is 0.629. The molecule has 5 nitrogen and oxygen atoms in total. The van der Waals surface area contributed by atoms with Gasteiger partial charge >= 0.3 is 0 Å². The van der Waals surface area contributed by atoms with Crippen molar-refractivity contribution in [2.75, 3.05) is 13.2 Å². The van der Waals surface area contributed by atoms with Crippen molar-refractivity contribution in [2.24, 2.45) is 16.1 Å². The monoisotopic (exact) mass is 446 g/mol. The Labute approximate surface area is 193 Å². The maximum absolute atomic E-state index is 6.28. The van der Waals surface area contributed by atoms with Crippen LogP contribution in [0.5, 0.6) is 17.2 Å².